The SMILES string of the molecule is [2H]C([2H])(OC(=O)N1CC(O)COc2c(-c3cnn(Cc4c(F)cc(C(=O)O)cc4Cl)c3)cccc21)C([2H])([2H])Oc1cccc(Cl)c1C. The van der Waals surface area contributed by atoms with Gasteiger partial charge in [0.1, 0.15) is 37.4 Å². The van der Waals surface area contributed by atoms with Gasteiger partial charge < -0.3 is 24.4 Å². The lowest BCUT2D eigenvalue weighted by atomic mass is 10.1. The number of aromatic carboxylic acids is 1. The summed E-state index contributed by atoms with van der Waals surface area (Å²) in [6.07, 6.45) is 0.394. The van der Waals surface area contributed by atoms with Gasteiger partial charge in [-0.3, -0.25) is 9.58 Å². The van der Waals surface area contributed by atoms with Crippen LogP contribution in [0.2, 0.25) is 10.0 Å². The molecule has 2 heterocycles. The molecule has 0 radical (unpaired) electrons. The Bertz CT molecular complexity index is 1840. The van der Waals surface area contributed by atoms with Crippen LogP contribution in [0.3, 0.4) is 0 Å². The van der Waals surface area contributed by atoms with Crippen molar-refractivity contribution in [2.45, 2.75) is 19.6 Å². The Morgan fingerprint density at radius 2 is 1.98 bits per heavy atom. The second kappa shape index (κ2) is 12.9. The van der Waals surface area contributed by atoms with Crippen LogP contribution in [0.1, 0.15) is 27.0 Å². The first-order valence-corrected chi connectivity index (χ1v) is 13.5. The molecule has 5 rings (SSSR count). The topological polar surface area (TPSA) is 123 Å². The van der Waals surface area contributed by atoms with Crippen molar-refractivity contribution < 1.29 is 43.9 Å². The van der Waals surface area contributed by atoms with Crippen LogP contribution in [0.4, 0.5) is 14.9 Å². The number of fused-ring (bicyclic) bond motifs is 1. The average Bonchev–Trinajstić information content (AvgIpc) is 3.39. The van der Waals surface area contributed by atoms with E-state index in [-0.39, 0.29) is 58.1 Å². The fourth-order valence-corrected chi connectivity index (χ4v) is 4.79. The summed E-state index contributed by atoms with van der Waals surface area (Å²) in [4.78, 5) is 25.6. The van der Waals surface area contributed by atoms with Gasteiger partial charge in [0.2, 0.25) is 0 Å². The zero-order valence-electron chi connectivity index (χ0n) is 26.4. The Hall–Kier alpha value is -4.32. The number of hydrogen-bond donors (Lipinski definition) is 2. The van der Waals surface area contributed by atoms with Crippen LogP contribution >= 0.6 is 23.2 Å². The van der Waals surface area contributed by atoms with E-state index in [9.17, 15) is 19.1 Å². The van der Waals surface area contributed by atoms with Crippen molar-refractivity contribution in [2.75, 3.05) is 31.2 Å². The second-order valence-corrected chi connectivity index (χ2v) is 10.2. The Morgan fingerprint density at radius 3 is 2.74 bits per heavy atom. The van der Waals surface area contributed by atoms with E-state index in [0.29, 0.717) is 16.7 Å². The molecule has 0 spiro atoms. The van der Waals surface area contributed by atoms with Crippen LogP contribution in [0.5, 0.6) is 11.5 Å². The zero-order valence-corrected chi connectivity index (χ0v) is 23.9. The van der Waals surface area contributed by atoms with E-state index < -0.39 is 37.1 Å². The number of rotatable bonds is 8. The molecule has 1 amide bonds. The van der Waals surface area contributed by atoms with Gasteiger partial charge in [-0.15, -0.1) is 0 Å². The number of amides is 1. The number of carbonyl (C=O) groups excluding carboxylic acids is 1. The van der Waals surface area contributed by atoms with Crippen LogP contribution in [-0.2, 0) is 11.3 Å². The summed E-state index contributed by atoms with van der Waals surface area (Å²) in [6, 6.07) is 11.1. The monoisotopic (exact) mass is 633 g/mol. The lowest BCUT2D eigenvalue weighted by molar-refractivity contribution is 0.0696. The van der Waals surface area contributed by atoms with Gasteiger partial charge in [-0.05, 0) is 37.3 Å². The highest BCUT2D eigenvalue weighted by molar-refractivity contribution is 6.32. The predicted molar refractivity (Wildman–Crippen MR) is 157 cm³/mol. The largest absolute Gasteiger partial charge is 0.490 e. The highest BCUT2D eigenvalue weighted by atomic mass is 35.5. The first-order valence-electron chi connectivity index (χ1n) is 14.7. The molecular formula is C30H26Cl2FN3O7. The minimum absolute atomic E-state index is 0.00939. The summed E-state index contributed by atoms with van der Waals surface area (Å²) in [5, 5.41) is 24.1. The van der Waals surface area contributed by atoms with E-state index in [1.807, 2.05) is 0 Å². The number of benzene rings is 3. The van der Waals surface area contributed by atoms with Crippen molar-refractivity contribution >= 4 is 41.0 Å². The maximum Gasteiger partial charge on any atom is 0.414 e. The van der Waals surface area contributed by atoms with Crippen molar-refractivity contribution in [3.63, 3.8) is 0 Å². The fourth-order valence-electron chi connectivity index (χ4n) is 4.35. The van der Waals surface area contributed by atoms with Crippen LogP contribution in [0.25, 0.3) is 11.1 Å². The lowest BCUT2D eigenvalue weighted by Gasteiger charge is -2.23. The van der Waals surface area contributed by atoms with Crippen molar-refractivity contribution in [3.8, 4) is 22.6 Å². The van der Waals surface area contributed by atoms with Gasteiger partial charge in [0, 0.05) is 38.5 Å². The fraction of sp³-hybridized carbons (Fsp3) is 0.233. The number of carboxylic acids is 1. The number of halogens is 3. The Morgan fingerprint density at radius 1 is 1.19 bits per heavy atom. The van der Waals surface area contributed by atoms with Gasteiger partial charge in [0.05, 0.1) is 36.0 Å². The highest BCUT2D eigenvalue weighted by Crippen LogP contribution is 2.40. The van der Waals surface area contributed by atoms with Gasteiger partial charge in [-0.1, -0.05) is 41.4 Å². The number of aliphatic hydroxyl groups is 1. The molecule has 4 aromatic rings. The first-order chi connectivity index (χ1) is 22.1. The molecule has 1 atom stereocenters. The minimum Gasteiger partial charge on any atom is -0.490 e. The van der Waals surface area contributed by atoms with Crippen LogP contribution < -0.4 is 14.4 Å². The number of carboxylic acid groups (broad SMARTS) is 1. The summed E-state index contributed by atoms with van der Waals surface area (Å²) in [6.45, 7) is -5.73. The third-order valence-electron chi connectivity index (χ3n) is 6.53. The number of carbonyl (C=O) groups is 2. The molecular weight excluding hydrogens is 604 g/mol. The van der Waals surface area contributed by atoms with Crippen LogP contribution in [-0.4, -0.2) is 64.4 Å². The van der Waals surface area contributed by atoms with Crippen molar-refractivity contribution in [3.05, 3.63) is 93.5 Å². The summed E-state index contributed by atoms with van der Waals surface area (Å²) in [7, 11) is 0. The van der Waals surface area contributed by atoms with E-state index in [1.54, 1.807) is 25.1 Å². The Labute approximate surface area is 261 Å². The molecule has 1 aliphatic rings. The lowest BCUT2D eigenvalue weighted by Crippen LogP contribution is -2.38. The molecule has 0 aliphatic carbocycles. The van der Waals surface area contributed by atoms with Gasteiger partial charge in [-0.2, -0.15) is 5.10 Å². The standard InChI is InChI=1S/C30H26Cl2FN3O7/c1-17-23(31)5-3-7-27(17)41-8-9-42-30(40)36-14-20(37)16-43-28-21(4-2-6-26(28)36)19-12-34-35(13-19)15-22-24(32)10-18(29(38)39)11-25(22)33/h2-7,10-13,20,37H,8-9,14-16H2,1H3,(H,38,39)/i8D2,9D2. The molecule has 13 heteroatoms. The number of hydrogen-bond acceptors (Lipinski definition) is 7. The smallest absolute Gasteiger partial charge is 0.414 e. The van der Waals surface area contributed by atoms with Gasteiger partial charge in [0.15, 0.2) is 5.75 Å². The van der Waals surface area contributed by atoms with Gasteiger partial charge >= 0.3 is 12.1 Å². The van der Waals surface area contributed by atoms with Gasteiger partial charge in [-0.25, -0.2) is 14.0 Å². The molecule has 0 fully saturated rings. The normalized spacial score (nSPS) is 16.5. The maximum atomic E-state index is 14.7. The molecule has 2 N–H and O–H groups in total. The number of ether oxygens (including phenoxy) is 3. The quantitative estimate of drug-likeness (QED) is 0.249. The van der Waals surface area contributed by atoms with Crippen LogP contribution in [0, 0.1) is 12.7 Å². The summed E-state index contributed by atoms with van der Waals surface area (Å²) < 4.78 is 65.2. The number of aromatic nitrogens is 2. The zero-order chi connectivity index (χ0) is 34.3. The van der Waals surface area contributed by atoms with Crippen molar-refractivity contribution in [1.82, 2.24) is 9.78 Å². The molecule has 224 valence electrons. The minimum atomic E-state index is -3.32. The van der Waals surface area contributed by atoms with Crippen molar-refractivity contribution in [1.29, 1.82) is 0 Å². The van der Waals surface area contributed by atoms with E-state index in [0.717, 1.165) is 17.0 Å². The number of aliphatic hydroxyl groups excluding tert-OH is 1. The Balaban J connectivity index is 1.41. The number of nitrogens with zero attached hydrogens (tertiary/aromatic N) is 3. The molecule has 43 heavy (non-hydrogen) atoms. The van der Waals surface area contributed by atoms with E-state index in [4.69, 9.17) is 48.0 Å². The summed E-state index contributed by atoms with van der Waals surface area (Å²) in [5.74, 6) is -2.12. The highest BCUT2D eigenvalue weighted by Gasteiger charge is 2.29. The summed E-state index contributed by atoms with van der Waals surface area (Å²) in [5.41, 5.74) is 0.976. The number of para-hydroxylation sites is 1. The van der Waals surface area contributed by atoms with Gasteiger partial charge in [0.25, 0.3) is 0 Å². The average molecular weight is 634 g/mol. The molecule has 1 aromatic heterocycles. The Kier molecular flexibility index (Phi) is 7.56. The maximum absolute atomic E-state index is 14.7. The molecule has 3 aromatic carbocycles. The number of anilines is 1. The first kappa shape index (κ1) is 25.2. The molecule has 1 unspecified atom stereocenters. The van der Waals surface area contributed by atoms with E-state index in [2.05, 4.69) is 5.10 Å². The third-order valence-corrected chi connectivity index (χ3v) is 7.28. The molecule has 0 saturated carbocycles. The van der Waals surface area contributed by atoms with Crippen LogP contribution in [0.15, 0.2) is 60.9 Å². The van der Waals surface area contributed by atoms with Crippen molar-refractivity contribution in [2.24, 2.45) is 0 Å². The molecule has 0 saturated heterocycles. The molecule has 1 aliphatic heterocycles. The predicted octanol–water partition coefficient (Wildman–Crippen LogP) is 5.83. The molecule has 10 nitrogen and oxygen atoms in total. The number of β-amino-alcohol motifs (C(OH)–C–C–N with tert-alkyl or cyclic N) is 1. The van der Waals surface area contributed by atoms with E-state index in [1.165, 1.54) is 35.3 Å². The summed E-state index contributed by atoms with van der Waals surface area (Å²) >= 11 is 12.2. The third kappa shape index (κ3) is 6.69. The second-order valence-electron chi connectivity index (χ2n) is 9.42. The molecule has 0 bridgehead atoms. The van der Waals surface area contributed by atoms with E-state index >= 15 is 0 Å².